The fourth-order valence-electron chi connectivity index (χ4n) is 0.425. The van der Waals surface area contributed by atoms with Crippen molar-refractivity contribution in [1.29, 1.82) is 0 Å². The number of hydrogen-bond acceptors (Lipinski definition) is 0. The van der Waals surface area contributed by atoms with Crippen molar-refractivity contribution in [2.24, 2.45) is 0 Å². The van der Waals surface area contributed by atoms with Gasteiger partial charge in [0.05, 0.1) is 0 Å². The fourth-order valence-corrected chi connectivity index (χ4v) is 2.21. The Morgan fingerprint density at radius 3 is 1.33 bits per heavy atom. The minimum atomic E-state index is -3.89. The van der Waals surface area contributed by atoms with Gasteiger partial charge in [-0.25, -0.2) is 0 Å². The van der Waals surface area contributed by atoms with Crippen molar-refractivity contribution in [3.8, 4) is 0 Å². The Morgan fingerprint density at radius 1 is 1.00 bits per heavy atom. The number of halogens is 3. The molecule has 0 heterocycles. The van der Waals surface area contributed by atoms with Crippen molar-refractivity contribution in [3.05, 3.63) is 0 Å². The average molecular weight is 202 g/mol. The molecule has 0 aromatic heterocycles. The van der Waals surface area contributed by atoms with Gasteiger partial charge >= 0.3 is 58.9 Å². The van der Waals surface area contributed by atoms with E-state index in [1.54, 1.807) is 20.8 Å². The van der Waals surface area contributed by atoms with Gasteiger partial charge in [0.1, 0.15) is 0 Å². The molecule has 9 heavy (non-hydrogen) atoms. The van der Waals surface area contributed by atoms with Crippen LogP contribution < -0.4 is 0 Å². The Kier molecular flexibility index (Phi) is 2.63. The van der Waals surface area contributed by atoms with Gasteiger partial charge in [0.25, 0.3) is 0 Å². The van der Waals surface area contributed by atoms with Gasteiger partial charge < -0.3 is 0 Å². The molecule has 0 aromatic rings. The van der Waals surface area contributed by atoms with E-state index < -0.39 is 24.9 Å². The van der Waals surface area contributed by atoms with Crippen LogP contribution in [0, 0.1) is 0 Å². The molecule has 1 unspecified atom stereocenters. The zero-order valence-electron chi connectivity index (χ0n) is 5.63. The van der Waals surface area contributed by atoms with Gasteiger partial charge in [-0.2, -0.15) is 0 Å². The average Bonchev–Trinajstić information content (AvgIpc) is 1.14. The molecule has 0 saturated carbocycles. The second-order valence-electron chi connectivity index (χ2n) is 2.87. The van der Waals surface area contributed by atoms with Crippen molar-refractivity contribution >= 4 is 15.8 Å². The van der Waals surface area contributed by atoms with Crippen molar-refractivity contribution < 1.29 is 13.2 Å². The third-order valence-electron chi connectivity index (χ3n) is 0.517. The Hall–Kier alpha value is 0.348. The molecule has 0 aromatic carbocycles. The summed E-state index contributed by atoms with van der Waals surface area (Å²) in [6, 6.07) is 0. The van der Waals surface area contributed by atoms with Gasteiger partial charge in [0.2, 0.25) is 0 Å². The molecule has 0 rings (SSSR count). The van der Waals surface area contributed by atoms with E-state index in [-0.39, 0.29) is 0 Å². The normalized spacial score (nSPS) is 15.3. The van der Waals surface area contributed by atoms with E-state index >= 15 is 0 Å². The minimum absolute atomic E-state index is 0.516. The fraction of sp³-hybridized carbons (Fsp3) is 1.00. The molecule has 0 radical (unpaired) electrons. The van der Waals surface area contributed by atoms with E-state index in [0.29, 0.717) is 0 Å². The van der Waals surface area contributed by atoms with Crippen LogP contribution in [0.15, 0.2) is 0 Å². The van der Waals surface area contributed by atoms with E-state index in [1.807, 2.05) is 0 Å². The Balaban J connectivity index is 3.75. The molecule has 4 heteroatoms. The van der Waals surface area contributed by atoms with Crippen molar-refractivity contribution in [1.82, 2.24) is 0 Å². The zero-order chi connectivity index (χ0) is 7.71. The maximum atomic E-state index is 11.6. The molecule has 0 fully saturated rings. The van der Waals surface area contributed by atoms with Crippen molar-refractivity contribution in [3.63, 3.8) is 0 Å². The van der Waals surface area contributed by atoms with E-state index in [4.69, 9.17) is 0 Å². The Morgan fingerprint density at radius 2 is 1.33 bits per heavy atom. The third-order valence-corrected chi connectivity index (χ3v) is 2.69. The summed E-state index contributed by atoms with van der Waals surface area (Å²) >= 11 is -1.79. The quantitative estimate of drug-likeness (QED) is 0.528. The van der Waals surface area contributed by atoms with Gasteiger partial charge in [-0.3, -0.25) is 0 Å². The van der Waals surface area contributed by atoms with Crippen LogP contribution in [0.1, 0.15) is 20.8 Å². The molecule has 56 valence electrons. The molecule has 0 aliphatic heterocycles. The molecule has 0 spiro atoms. The molecule has 0 aliphatic rings. The van der Waals surface area contributed by atoms with Gasteiger partial charge in [0.15, 0.2) is 0 Å². The summed E-state index contributed by atoms with van der Waals surface area (Å²) in [5.74, 6) is 0. The Bertz CT molecular complexity index is 77.4. The number of alkyl halides is 3. The van der Waals surface area contributed by atoms with Crippen LogP contribution in [0.4, 0.5) is 13.2 Å². The first-order valence-corrected chi connectivity index (χ1v) is 4.67. The first-order chi connectivity index (χ1) is 3.71. The van der Waals surface area contributed by atoms with Crippen LogP contribution in [0.5, 0.6) is 0 Å². The summed E-state index contributed by atoms with van der Waals surface area (Å²) in [5, 5.41) is 0. The molecule has 0 aliphatic carbocycles. The zero-order valence-corrected chi connectivity index (χ0v) is 7.73. The van der Waals surface area contributed by atoms with Gasteiger partial charge in [0, 0.05) is 0 Å². The van der Waals surface area contributed by atoms with Crippen LogP contribution in [0.25, 0.3) is 0 Å². The standard InChI is InChI=1S/C5H10AsF3/c1-4(2,3)6-5(7,8)9/h6H,1-3H3. The number of hydrogen-bond donors (Lipinski definition) is 0. The van der Waals surface area contributed by atoms with E-state index in [9.17, 15) is 13.2 Å². The molecule has 0 saturated heterocycles. The SMILES string of the molecule is CC(C)(C)[AsH]C(F)(F)F. The summed E-state index contributed by atoms with van der Waals surface area (Å²) < 4.78 is 34.3. The molecule has 0 N–H and O–H groups in total. The topological polar surface area (TPSA) is 0 Å². The predicted molar refractivity (Wildman–Crippen MR) is 32.9 cm³/mol. The maximum absolute atomic E-state index is 11.6. The Labute approximate surface area is 59.5 Å². The van der Waals surface area contributed by atoms with Crippen molar-refractivity contribution in [2.75, 3.05) is 0 Å². The first-order valence-electron chi connectivity index (χ1n) is 2.57. The molecular formula is C5H10AsF3. The van der Waals surface area contributed by atoms with Crippen LogP contribution in [0.3, 0.4) is 0 Å². The third kappa shape index (κ3) is 8.35. The van der Waals surface area contributed by atoms with Gasteiger partial charge in [-0.15, -0.1) is 0 Å². The molecular weight excluding hydrogens is 192 g/mol. The van der Waals surface area contributed by atoms with Crippen LogP contribution >= 0.6 is 0 Å². The summed E-state index contributed by atoms with van der Waals surface area (Å²) in [6.45, 7) is 4.88. The summed E-state index contributed by atoms with van der Waals surface area (Å²) in [5.41, 5.74) is 0. The monoisotopic (exact) mass is 202 g/mol. The van der Waals surface area contributed by atoms with Gasteiger partial charge in [-0.05, 0) is 0 Å². The summed E-state index contributed by atoms with van der Waals surface area (Å²) in [7, 11) is 0. The first kappa shape index (κ1) is 9.35. The molecule has 0 amide bonds. The van der Waals surface area contributed by atoms with Crippen molar-refractivity contribution in [2.45, 2.75) is 29.9 Å². The number of rotatable bonds is 0. The van der Waals surface area contributed by atoms with Crippen LogP contribution in [-0.4, -0.2) is 20.7 Å². The van der Waals surface area contributed by atoms with Gasteiger partial charge in [-0.1, -0.05) is 0 Å². The second-order valence-corrected chi connectivity index (χ2v) is 7.73. The summed E-state index contributed by atoms with van der Waals surface area (Å²) in [6.07, 6.45) is 0. The predicted octanol–water partition coefficient (Wildman–Crippen LogP) is 2.16. The molecule has 1 atom stereocenters. The van der Waals surface area contributed by atoms with E-state index in [1.165, 1.54) is 0 Å². The van der Waals surface area contributed by atoms with Crippen LogP contribution in [0.2, 0.25) is 4.20 Å². The van der Waals surface area contributed by atoms with Crippen LogP contribution in [-0.2, 0) is 0 Å². The second kappa shape index (κ2) is 2.53. The summed E-state index contributed by atoms with van der Waals surface area (Å²) in [4.78, 5) is -3.89. The molecule has 0 bridgehead atoms. The van der Waals surface area contributed by atoms with E-state index in [2.05, 4.69) is 0 Å². The van der Waals surface area contributed by atoms with E-state index in [0.717, 1.165) is 0 Å². The molecule has 0 nitrogen and oxygen atoms in total.